The summed E-state index contributed by atoms with van der Waals surface area (Å²) in [6.45, 7) is 4.25. The number of aromatic amines is 2. The van der Waals surface area contributed by atoms with Gasteiger partial charge in [0.15, 0.2) is 11.5 Å². The number of morpholine rings is 1. The zero-order valence-electron chi connectivity index (χ0n) is 18.0. The SMILES string of the molecule is COc1cc(Cl)ccc1C(=O)Nc1c[nH]nc1-c1nc2cc(CN3CCOCC3)ccc2[nH]1. The van der Waals surface area contributed by atoms with Crippen molar-refractivity contribution < 1.29 is 14.3 Å². The lowest BCUT2D eigenvalue weighted by molar-refractivity contribution is 0.0342. The van der Waals surface area contributed by atoms with Gasteiger partial charge in [-0.15, -0.1) is 0 Å². The number of nitrogens with zero attached hydrogens (tertiary/aromatic N) is 3. The molecule has 9 nitrogen and oxygen atoms in total. The van der Waals surface area contributed by atoms with E-state index in [-0.39, 0.29) is 5.91 Å². The van der Waals surface area contributed by atoms with Gasteiger partial charge in [0, 0.05) is 30.9 Å². The molecule has 33 heavy (non-hydrogen) atoms. The molecule has 1 fully saturated rings. The number of imidazole rings is 1. The van der Waals surface area contributed by atoms with Crippen molar-refractivity contribution in [2.24, 2.45) is 0 Å². The molecule has 2 aromatic heterocycles. The van der Waals surface area contributed by atoms with Crippen LogP contribution in [-0.4, -0.2) is 64.4 Å². The summed E-state index contributed by atoms with van der Waals surface area (Å²) in [5, 5.41) is 10.5. The molecule has 0 saturated carbocycles. The Balaban J connectivity index is 1.38. The number of carbonyl (C=O) groups excluding carboxylic acids is 1. The van der Waals surface area contributed by atoms with Crippen LogP contribution in [0.1, 0.15) is 15.9 Å². The molecule has 1 saturated heterocycles. The number of aromatic nitrogens is 4. The molecular formula is C23H23ClN6O3. The zero-order valence-corrected chi connectivity index (χ0v) is 18.8. The molecule has 0 radical (unpaired) electrons. The number of amides is 1. The molecule has 0 bridgehead atoms. The minimum Gasteiger partial charge on any atom is -0.496 e. The topological polar surface area (TPSA) is 108 Å². The number of carbonyl (C=O) groups is 1. The Kier molecular flexibility index (Phi) is 5.99. The number of halogens is 1. The summed E-state index contributed by atoms with van der Waals surface area (Å²) in [4.78, 5) is 23.3. The molecule has 1 aliphatic rings. The van der Waals surface area contributed by atoms with Crippen LogP contribution in [0.25, 0.3) is 22.6 Å². The third-order valence-corrected chi connectivity index (χ3v) is 5.81. The predicted molar refractivity (Wildman–Crippen MR) is 126 cm³/mol. The molecule has 3 heterocycles. The van der Waals surface area contributed by atoms with Crippen LogP contribution in [0, 0.1) is 0 Å². The lowest BCUT2D eigenvalue weighted by Gasteiger charge is -2.26. The summed E-state index contributed by atoms with van der Waals surface area (Å²) in [7, 11) is 1.49. The highest BCUT2D eigenvalue weighted by Gasteiger charge is 2.19. The average Bonchev–Trinajstić information content (AvgIpc) is 3.45. The first-order chi connectivity index (χ1) is 16.1. The van der Waals surface area contributed by atoms with Gasteiger partial charge in [-0.05, 0) is 35.9 Å². The van der Waals surface area contributed by atoms with Crippen molar-refractivity contribution in [3.63, 3.8) is 0 Å². The normalized spacial score (nSPS) is 14.5. The lowest BCUT2D eigenvalue weighted by atomic mass is 10.2. The third-order valence-electron chi connectivity index (χ3n) is 5.58. The van der Waals surface area contributed by atoms with E-state index in [1.807, 2.05) is 6.07 Å². The summed E-state index contributed by atoms with van der Waals surface area (Å²) < 4.78 is 10.7. The van der Waals surface area contributed by atoms with E-state index in [0.29, 0.717) is 33.5 Å². The Labute approximate surface area is 195 Å². The van der Waals surface area contributed by atoms with Gasteiger partial charge < -0.3 is 19.8 Å². The van der Waals surface area contributed by atoms with Crippen LogP contribution in [0.4, 0.5) is 5.69 Å². The fourth-order valence-corrected chi connectivity index (χ4v) is 4.05. The Morgan fingerprint density at radius 2 is 2.09 bits per heavy atom. The Morgan fingerprint density at radius 1 is 1.24 bits per heavy atom. The van der Waals surface area contributed by atoms with Crippen molar-refractivity contribution >= 4 is 34.2 Å². The first-order valence-electron chi connectivity index (χ1n) is 10.6. The zero-order chi connectivity index (χ0) is 22.8. The second-order valence-electron chi connectivity index (χ2n) is 7.77. The van der Waals surface area contributed by atoms with Gasteiger partial charge in [0.2, 0.25) is 0 Å². The van der Waals surface area contributed by atoms with Crippen LogP contribution in [0.5, 0.6) is 5.75 Å². The van der Waals surface area contributed by atoms with E-state index in [9.17, 15) is 4.79 Å². The summed E-state index contributed by atoms with van der Waals surface area (Å²) in [5.74, 6) is 0.616. The molecule has 4 aromatic rings. The maximum atomic E-state index is 12.9. The second-order valence-corrected chi connectivity index (χ2v) is 8.21. The van der Waals surface area contributed by atoms with Crippen molar-refractivity contribution in [2.75, 3.05) is 38.7 Å². The molecular weight excluding hydrogens is 444 g/mol. The number of hydrogen-bond donors (Lipinski definition) is 3. The van der Waals surface area contributed by atoms with Gasteiger partial charge in [0.25, 0.3) is 5.91 Å². The van der Waals surface area contributed by atoms with Crippen LogP contribution in [0.2, 0.25) is 5.02 Å². The van der Waals surface area contributed by atoms with Gasteiger partial charge in [-0.2, -0.15) is 5.10 Å². The smallest absolute Gasteiger partial charge is 0.259 e. The van der Waals surface area contributed by atoms with Gasteiger partial charge in [-0.3, -0.25) is 14.8 Å². The van der Waals surface area contributed by atoms with Gasteiger partial charge >= 0.3 is 0 Å². The van der Waals surface area contributed by atoms with E-state index in [0.717, 1.165) is 43.9 Å². The molecule has 10 heteroatoms. The summed E-state index contributed by atoms with van der Waals surface area (Å²) in [6.07, 6.45) is 1.62. The number of rotatable bonds is 6. The molecule has 3 N–H and O–H groups in total. The summed E-state index contributed by atoms with van der Waals surface area (Å²) in [6, 6.07) is 11.1. The summed E-state index contributed by atoms with van der Waals surface area (Å²) >= 11 is 6.01. The minimum absolute atomic E-state index is 0.338. The largest absolute Gasteiger partial charge is 0.496 e. The molecule has 1 aliphatic heterocycles. The highest BCUT2D eigenvalue weighted by molar-refractivity contribution is 6.31. The van der Waals surface area contributed by atoms with Crippen LogP contribution in [0.3, 0.4) is 0 Å². The number of benzene rings is 2. The van der Waals surface area contributed by atoms with Gasteiger partial charge in [0.1, 0.15) is 5.75 Å². The van der Waals surface area contributed by atoms with Gasteiger partial charge in [0.05, 0.1) is 42.6 Å². The Hall–Kier alpha value is -3.40. The summed E-state index contributed by atoms with van der Waals surface area (Å²) in [5.41, 5.74) is 4.32. The molecule has 0 spiro atoms. The number of nitrogens with one attached hydrogen (secondary N) is 3. The third kappa shape index (κ3) is 4.56. The maximum absolute atomic E-state index is 12.9. The van der Waals surface area contributed by atoms with Crippen LogP contribution >= 0.6 is 11.6 Å². The van der Waals surface area contributed by atoms with Crippen LogP contribution in [-0.2, 0) is 11.3 Å². The second kappa shape index (κ2) is 9.22. The molecule has 1 amide bonds. The number of hydrogen-bond acceptors (Lipinski definition) is 6. The standard InChI is InChI=1S/C23H23ClN6O3/c1-32-20-11-15(24)3-4-16(20)23(31)28-19-12-25-29-21(19)22-26-17-5-2-14(10-18(17)27-22)13-30-6-8-33-9-7-30/h2-5,10-12H,6-9,13H2,1H3,(H,25,29)(H,26,27)(H,28,31). The Morgan fingerprint density at radius 3 is 2.91 bits per heavy atom. The van der Waals surface area contributed by atoms with Crippen LogP contribution < -0.4 is 10.1 Å². The number of H-pyrrole nitrogens is 2. The maximum Gasteiger partial charge on any atom is 0.259 e. The van der Waals surface area contributed by atoms with Crippen molar-refractivity contribution in [3.05, 3.63) is 58.7 Å². The van der Waals surface area contributed by atoms with E-state index in [4.69, 9.17) is 26.1 Å². The van der Waals surface area contributed by atoms with Crippen molar-refractivity contribution in [2.45, 2.75) is 6.54 Å². The number of methoxy groups -OCH3 is 1. The Bertz CT molecular complexity index is 1290. The first kappa shape index (κ1) is 21.4. The first-order valence-corrected chi connectivity index (χ1v) is 11.0. The van der Waals surface area contributed by atoms with Crippen molar-refractivity contribution in [1.29, 1.82) is 0 Å². The van der Waals surface area contributed by atoms with E-state index < -0.39 is 0 Å². The van der Waals surface area contributed by atoms with E-state index in [1.54, 1.807) is 24.4 Å². The molecule has 0 aliphatic carbocycles. The van der Waals surface area contributed by atoms with E-state index >= 15 is 0 Å². The molecule has 0 unspecified atom stereocenters. The number of fused-ring (bicyclic) bond motifs is 1. The fraction of sp³-hybridized carbons (Fsp3) is 0.261. The molecule has 5 rings (SSSR count). The van der Waals surface area contributed by atoms with Gasteiger partial charge in [-0.25, -0.2) is 4.98 Å². The molecule has 170 valence electrons. The monoisotopic (exact) mass is 466 g/mol. The fourth-order valence-electron chi connectivity index (χ4n) is 3.89. The van der Waals surface area contributed by atoms with Crippen molar-refractivity contribution in [1.82, 2.24) is 25.1 Å². The average molecular weight is 467 g/mol. The highest BCUT2D eigenvalue weighted by atomic mass is 35.5. The molecule has 2 aromatic carbocycles. The minimum atomic E-state index is -0.338. The predicted octanol–water partition coefficient (Wildman–Crippen LogP) is 3.70. The quantitative estimate of drug-likeness (QED) is 0.400. The van der Waals surface area contributed by atoms with Crippen LogP contribution in [0.15, 0.2) is 42.6 Å². The highest BCUT2D eigenvalue weighted by Crippen LogP contribution is 2.28. The van der Waals surface area contributed by atoms with E-state index in [1.165, 1.54) is 12.7 Å². The molecule has 0 atom stereocenters. The van der Waals surface area contributed by atoms with Gasteiger partial charge in [-0.1, -0.05) is 17.7 Å². The number of ether oxygens (including phenoxy) is 2. The van der Waals surface area contributed by atoms with E-state index in [2.05, 4.69) is 37.5 Å². The van der Waals surface area contributed by atoms with Crippen molar-refractivity contribution in [3.8, 4) is 17.3 Å². The number of anilines is 1. The lowest BCUT2D eigenvalue weighted by Crippen LogP contribution is -2.35.